The minimum absolute atomic E-state index is 0.338. The molecule has 0 fully saturated rings. The zero-order chi connectivity index (χ0) is 16.9. The second-order valence-corrected chi connectivity index (χ2v) is 5.49. The number of rotatable bonds is 5. The lowest BCUT2D eigenvalue weighted by atomic mass is 10.1. The van der Waals surface area contributed by atoms with E-state index in [-0.39, 0.29) is 0 Å². The van der Waals surface area contributed by atoms with Gasteiger partial charge in [0, 0.05) is 5.69 Å². The highest BCUT2D eigenvalue weighted by molar-refractivity contribution is 5.73. The Labute approximate surface area is 141 Å². The molecule has 0 saturated carbocycles. The van der Waals surface area contributed by atoms with Crippen molar-refractivity contribution >= 4 is 17.2 Å². The van der Waals surface area contributed by atoms with Crippen LogP contribution in [0.3, 0.4) is 0 Å². The van der Waals surface area contributed by atoms with Gasteiger partial charge in [-0.15, -0.1) is 0 Å². The van der Waals surface area contributed by atoms with Crippen molar-refractivity contribution in [3.63, 3.8) is 0 Å². The van der Waals surface area contributed by atoms with E-state index in [2.05, 4.69) is 28.3 Å². The summed E-state index contributed by atoms with van der Waals surface area (Å²) in [5.74, 6) is 1.56. The number of hydrogen-bond acceptors (Lipinski definition) is 5. The van der Waals surface area contributed by atoms with Crippen LogP contribution in [0, 0.1) is 6.92 Å². The summed E-state index contributed by atoms with van der Waals surface area (Å²) >= 11 is 0. The summed E-state index contributed by atoms with van der Waals surface area (Å²) < 4.78 is 5.78. The summed E-state index contributed by atoms with van der Waals surface area (Å²) in [7, 11) is 0. The SMILES string of the molecule is CCc1ccccc1Nc1ncnc(Oc2ccc(C)cc2)c1N. The van der Waals surface area contributed by atoms with E-state index in [9.17, 15) is 0 Å². The van der Waals surface area contributed by atoms with E-state index in [1.807, 2.05) is 49.4 Å². The third-order valence-corrected chi connectivity index (χ3v) is 3.73. The molecule has 3 rings (SSSR count). The average molecular weight is 320 g/mol. The van der Waals surface area contributed by atoms with E-state index in [1.165, 1.54) is 11.9 Å². The molecule has 5 heteroatoms. The molecule has 2 aromatic carbocycles. The molecule has 0 spiro atoms. The predicted molar refractivity (Wildman–Crippen MR) is 96.8 cm³/mol. The maximum Gasteiger partial charge on any atom is 0.248 e. The van der Waals surface area contributed by atoms with Crippen LogP contribution in [0.4, 0.5) is 17.2 Å². The molecule has 0 atom stereocenters. The highest BCUT2D eigenvalue weighted by Crippen LogP contribution is 2.31. The summed E-state index contributed by atoms with van der Waals surface area (Å²) in [5, 5.41) is 3.27. The zero-order valence-corrected chi connectivity index (χ0v) is 13.8. The van der Waals surface area contributed by atoms with Gasteiger partial charge in [-0.2, -0.15) is 4.98 Å². The molecule has 0 saturated heterocycles. The molecule has 0 radical (unpaired) electrons. The van der Waals surface area contributed by atoms with Crippen LogP contribution in [0.15, 0.2) is 54.9 Å². The molecule has 122 valence electrons. The monoisotopic (exact) mass is 320 g/mol. The first-order chi connectivity index (χ1) is 11.7. The number of nitrogens with one attached hydrogen (secondary N) is 1. The van der Waals surface area contributed by atoms with Crippen molar-refractivity contribution in [3.8, 4) is 11.6 Å². The van der Waals surface area contributed by atoms with Gasteiger partial charge in [0.2, 0.25) is 5.88 Å². The number of ether oxygens (including phenoxy) is 1. The quantitative estimate of drug-likeness (QED) is 0.726. The van der Waals surface area contributed by atoms with Crippen molar-refractivity contribution in [2.75, 3.05) is 11.1 Å². The van der Waals surface area contributed by atoms with E-state index in [4.69, 9.17) is 10.5 Å². The highest BCUT2D eigenvalue weighted by atomic mass is 16.5. The third kappa shape index (κ3) is 3.46. The minimum Gasteiger partial charge on any atom is -0.437 e. The van der Waals surface area contributed by atoms with Crippen LogP contribution in [0.2, 0.25) is 0 Å². The predicted octanol–water partition coefficient (Wildman–Crippen LogP) is 4.47. The Bertz CT molecular complexity index is 831. The number of hydrogen-bond donors (Lipinski definition) is 2. The van der Waals surface area contributed by atoms with Crippen LogP contribution >= 0.6 is 0 Å². The fourth-order valence-corrected chi connectivity index (χ4v) is 2.36. The summed E-state index contributed by atoms with van der Waals surface area (Å²) in [5.41, 5.74) is 9.90. The maximum absolute atomic E-state index is 6.19. The van der Waals surface area contributed by atoms with Crippen LogP contribution in [-0.4, -0.2) is 9.97 Å². The minimum atomic E-state index is 0.338. The molecule has 0 unspecified atom stereocenters. The lowest BCUT2D eigenvalue weighted by Crippen LogP contribution is -2.04. The molecule has 1 heterocycles. The van der Waals surface area contributed by atoms with Crippen LogP contribution in [0.1, 0.15) is 18.1 Å². The first-order valence-corrected chi connectivity index (χ1v) is 7.87. The summed E-state index contributed by atoms with van der Waals surface area (Å²) in [6, 6.07) is 15.8. The van der Waals surface area contributed by atoms with Crippen molar-refractivity contribution in [2.45, 2.75) is 20.3 Å². The van der Waals surface area contributed by atoms with E-state index >= 15 is 0 Å². The number of aryl methyl sites for hydroxylation is 2. The lowest BCUT2D eigenvalue weighted by molar-refractivity contribution is 0.464. The molecular formula is C19H20N4O. The summed E-state index contributed by atoms with van der Waals surface area (Å²) in [6.07, 6.45) is 2.36. The number of benzene rings is 2. The van der Waals surface area contributed by atoms with Crippen molar-refractivity contribution in [2.24, 2.45) is 0 Å². The van der Waals surface area contributed by atoms with Crippen molar-refractivity contribution < 1.29 is 4.74 Å². The van der Waals surface area contributed by atoms with E-state index in [0.717, 1.165) is 17.7 Å². The van der Waals surface area contributed by atoms with Gasteiger partial charge in [0.1, 0.15) is 17.8 Å². The molecule has 1 aromatic heterocycles. The zero-order valence-electron chi connectivity index (χ0n) is 13.8. The smallest absolute Gasteiger partial charge is 0.248 e. The van der Waals surface area contributed by atoms with E-state index in [0.29, 0.717) is 23.1 Å². The molecule has 0 bridgehead atoms. The molecule has 0 aliphatic carbocycles. The Hall–Kier alpha value is -3.08. The van der Waals surface area contributed by atoms with Crippen LogP contribution in [0.25, 0.3) is 0 Å². The second kappa shape index (κ2) is 7.00. The van der Waals surface area contributed by atoms with E-state index in [1.54, 1.807) is 0 Å². The average Bonchev–Trinajstić information content (AvgIpc) is 2.61. The van der Waals surface area contributed by atoms with Crippen molar-refractivity contribution in [1.82, 2.24) is 9.97 Å². The van der Waals surface area contributed by atoms with Crippen molar-refractivity contribution in [3.05, 3.63) is 66.0 Å². The largest absolute Gasteiger partial charge is 0.437 e. The highest BCUT2D eigenvalue weighted by Gasteiger charge is 2.11. The number of aromatic nitrogens is 2. The Morgan fingerprint density at radius 2 is 1.79 bits per heavy atom. The Morgan fingerprint density at radius 3 is 2.54 bits per heavy atom. The molecule has 3 N–H and O–H groups in total. The number of nitrogen functional groups attached to an aromatic ring is 1. The van der Waals surface area contributed by atoms with Gasteiger partial charge in [-0.1, -0.05) is 42.8 Å². The summed E-state index contributed by atoms with van der Waals surface area (Å²) in [4.78, 5) is 8.38. The molecule has 24 heavy (non-hydrogen) atoms. The second-order valence-electron chi connectivity index (χ2n) is 5.49. The Morgan fingerprint density at radius 1 is 1.04 bits per heavy atom. The molecule has 3 aromatic rings. The van der Waals surface area contributed by atoms with Gasteiger partial charge < -0.3 is 15.8 Å². The van der Waals surface area contributed by atoms with Gasteiger partial charge in [0.15, 0.2) is 5.82 Å². The standard InChI is InChI=1S/C19H20N4O/c1-3-14-6-4-5-7-16(14)23-18-17(20)19(22-12-21-18)24-15-10-8-13(2)9-11-15/h4-12H,3,20H2,1-2H3,(H,21,22,23). The number of para-hydroxylation sites is 1. The van der Waals surface area contributed by atoms with Gasteiger partial charge in [-0.05, 0) is 37.1 Å². The number of nitrogens with zero attached hydrogens (tertiary/aromatic N) is 2. The van der Waals surface area contributed by atoms with E-state index < -0.39 is 0 Å². The number of nitrogens with two attached hydrogens (primary N) is 1. The fraction of sp³-hybridized carbons (Fsp3) is 0.158. The topological polar surface area (TPSA) is 73.1 Å². The third-order valence-electron chi connectivity index (χ3n) is 3.73. The van der Waals surface area contributed by atoms with Gasteiger partial charge in [0.05, 0.1) is 0 Å². The van der Waals surface area contributed by atoms with Gasteiger partial charge >= 0.3 is 0 Å². The first kappa shape index (κ1) is 15.8. The normalized spacial score (nSPS) is 10.4. The molecule has 0 aliphatic heterocycles. The lowest BCUT2D eigenvalue weighted by Gasteiger charge is -2.13. The molecular weight excluding hydrogens is 300 g/mol. The van der Waals surface area contributed by atoms with Gasteiger partial charge in [-0.3, -0.25) is 0 Å². The first-order valence-electron chi connectivity index (χ1n) is 7.87. The number of anilines is 3. The molecule has 0 aliphatic rings. The van der Waals surface area contributed by atoms with Gasteiger partial charge in [-0.25, -0.2) is 4.98 Å². The summed E-state index contributed by atoms with van der Waals surface area (Å²) in [6.45, 7) is 4.13. The Kier molecular flexibility index (Phi) is 4.61. The van der Waals surface area contributed by atoms with Crippen LogP contribution in [0.5, 0.6) is 11.6 Å². The van der Waals surface area contributed by atoms with Crippen LogP contribution in [-0.2, 0) is 6.42 Å². The van der Waals surface area contributed by atoms with Crippen molar-refractivity contribution in [1.29, 1.82) is 0 Å². The van der Waals surface area contributed by atoms with Gasteiger partial charge in [0.25, 0.3) is 0 Å². The Balaban J connectivity index is 1.86. The maximum atomic E-state index is 6.19. The molecule has 0 amide bonds. The fourth-order valence-electron chi connectivity index (χ4n) is 2.36. The van der Waals surface area contributed by atoms with Crippen LogP contribution < -0.4 is 15.8 Å². The molecule has 5 nitrogen and oxygen atoms in total.